The first-order valence-electron chi connectivity index (χ1n) is 24.2. The molecular formula is C56H72Cl2SiZr. The molecule has 4 saturated carbocycles. The molecule has 4 heteroatoms. The molecule has 4 aromatic carbocycles. The van der Waals surface area contributed by atoms with Gasteiger partial charge in [0.05, 0.1) is 0 Å². The average molecular weight is 935 g/mol. The van der Waals surface area contributed by atoms with Gasteiger partial charge in [0.2, 0.25) is 0 Å². The molecule has 10 rings (SSSR count). The average Bonchev–Trinajstić information content (AvgIpc) is 4.09. The maximum absolute atomic E-state index is 3.82. The fourth-order valence-corrected chi connectivity index (χ4v) is 33.8. The second-order valence-corrected chi connectivity index (χ2v) is 52.0. The molecule has 0 amide bonds. The number of benzene rings is 4. The van der Waals surface area contributed by atoms with E-state index in [4.69, 9.17) is 0 Å². The van der Waals surface area contributed by atoms with Crippen molar-refractivity contribution in [3.63, 3.8) is 0 Å². The summed E-state index contributed by atoms with van der Waals surface area (Å²) in [5.41, 5.74) is 19.0. The summed E-state index contributed by atoms with van der Waals surface area (Å²) in [6.07, 6.45) is 33.4. The Morgan fingerprint density at radius 2 is 0.800 bits per heavy atom. The zero-order valence-electron chi connectivity index (χ0n) is 36.9. The van der Waals surface area contributed by atoms with E-state index in [0.29, 0.717) is 7.25 Å². The van der Waals surface area contributed by atoms with Gasteiger partial charge >= 0.3 is 357 Å². The third-order valence-corrected chi connectivity index (χ3v) is 34.3. The Morgan fingerprint density at radius 3 is 1.17 bits per heavy atom. The summed E-state index contributed by atoms with van der Waals surface area (Å²) in [7, 11) is 0. The molecule has 2 atom stereocenters. The molecule has 2 unspecified atom stereocenters. The Hall–Kier alpha value is -1.96. The summed E-state index contributed by atoms with van der Waals surface area (Å²) in [5, 5.41) is 0. The van der Waals surface area contributed by atoms with Crippen molar-refractivity contribution in [1.29, 1.82) is 0 Å². The van der Waals surface area contributed by atoms with Gasteiger partial charge in [-0.2, -0.15) is 0 Å². The van der Waals surface area contributed by atoms with Crippen molar-refractivity contribution in [3.05, 3.63) is 129 Å². The van der Waals surface area contributed by atoms with E-state index in [1.54, 1.807) is 33.4 Å². The van der Waals surface area contributed by atoms with Crippen LogP contribution in [0.5, 0.6) is 0 Å². The van der Waals surface area contributed by atoms with Crippen LogP contribution >= 0.6 is 24.8 Å². The van der Waals surface area contributed by atoms with Crippen LogP contribution in [0.4, 0.5) is 0 Å². The Balaban J connectivity index is 0.00000249. The molecular weight excluding hydrogens is 863 g/mol. The van der Waals surface area contributed by atoms with Gasteiger partial charge in [0, 0.05) is 0 Å². The summed E-state index contributed by atoms with van der Waals surface area (Å²) < 4.78 is 7.00. The number of halogens is 2. The van der Waals surface area contributed by atoms with Gasteiger partial charge in [-0.05, 0) is 0 Å². The summed E-state index contributed by atoms with van der Waals surface area (Å²) in [6.45, 7) is 2.59. The van der Waals surface area contributed by atoms with Crippen molar-refractivity contribution in [3.8, 4) is 22.3 Å². The zero-order valence-corrected chi connectivity index (χ0v) is 42.4. The SMILES string of the molecule is Cl.Cl.[CH3][Zr]([CH3])(=[SiH2])([CH]1C(CC2CCCC2)=Cc2c(-c3ccc(C4CCCCC4)cc3)cccc21)[CH]1C(CC2CCCC2)=Cc2c(-c3ccc(C4CCCCC4)cc3)cccc21. The second-order valence-electron chi connectivity index (χ2n) is 21.5. The molecule has 0 heterocycles. The Labute approximate surface area is 378 Å². The van der Waals surface area contributed by atoms with E-state index in [1.807, 2.05) is 11.1 Å². The second kappa shape index (κ2) is 18.6. The molecule has 0 spiro atoms. The summed E-state index contributed by atoms with van der Waals surface area (Å²) >= 11 is -3.82. The number of hydrogen-bond acceptors (Lipinski definition) is 0. The monoisotopic (exact) mass is 932 g/mol. The molecule has 0 saturated heterocycles. The van der Waals surface area contributed by atoms with E-state index in [2.05, 4.69) is 113 Å². The van der Waals surface area contributed by atoms with Crippen LogP contribution in [0.3, 0.4) is 0 Å². The number of rotatable bonds is 10. The molecule has 4 aromatic rings. The zero-order chi connectivity index (χ0) is 39.3. The first kappa shape index (κ1) is 44.6. The molecule has 6 aliphatic carbocycles. The maximum atomic E-state index is 2.92. The summed E-state index contributed by atoms with van der Waals surface area (Å²) in [6, 6.07) is 34.8. The topological polar surface area (TPSA) is 0 Å². The standard InChI is InChI=1S/2C27H31.2CH3.2ClH.H2Si.Zr/c2*1-2-9-22(10-3-1)23-13-15-24(16-14-23)26-12-6-11-25-18-21(19-27(25)26)17-20-7-4-5-8-20;;;;;;/h2*6,11-16,18-20,22H,1-5,7-10,17H2;2*1H3;2*1H;1H2;. The van der Waals surface area contributed by atoms with Gasteiger partial charge in [-0.25, -0.2) is 0 Å². The molecule has 0 aliphatic heterocycles. The quantitative estimate of drug-likeness (QED) is 0.139. The van der Waals surface area contributed by atoms with Crippen molar-refractivity contribution < 1.29 is 17.4 Å². The first-order valence-corrected chi connectivity index (χ1v) is 37.9. The van der Waals surface area contributed by atoms with Crippen LogP contribution in [0.1, 0.15) is 181 Å². The van der Waals surface area contributed by atoms with E-state index < -0.39 is 17.4 Å². The van der Waals surface area contributed by atoms with E-state index in [9.17, 15) is 0 Å². The predicted octanol–water partition coefficient (Wildman–Crippen LogP) is 17.0. The molecule has 0 nitrogen and oxygen atoms in total. The van der Waals surface area contributed by atoms with Gasteiger partial charge in [-0.15, -0.1) is 24.8 Å². The third-order valence-electron chi connectivity index (χ3n) is 16.8. The Kier molecular flexibility index (Phi) is 13.9. The van der Waals surface area contributed by atoms with Gasteiger partial charge in [0.1, 0.15) is 0 Å². The minimum atomic E-state index is -3.82. The molecule has 60 heavy (non-hydrogen) atoms. The normalized spacial score (nSPS) is 22.8. The predicted molar refractivity (Wildman–Crippen MR) is 265 cm³/mol. The molecule has 0 radical (unpaired) electrons. The van der Waals surface area contributed by atoms with Gasteiger partial charge in [0.25, 0.3) is 0 Å². The van der Waals surface area contributed by atoms with Crippen LogP contribution in [-0.2, 0) is 17.4 Å². The molecule has 0 aromatic heterocycles. The molecule has 0 N–H and O–H groups in total. The van der Waals surface area contributed by atoms with Gasteiger partial charge < -0.3 is 0 Å². The minimum absolute atomic E-state index is 0. The Bertz CT molecular complexity index is 2100. The van der Waals surface area contributed by atoms with E-state index in [1.165, 1.54) is 151 Å². The summed E-state index contributed by atoms with van der Waals surface area (Å²) in [5.74, 6) is 3.21. The van der Waals surface area contributed by atoms with Crippen LogP contribution in [0, 0.1) is 11.8 Å². The van der Waals surface area contributed by atoms with Crippen LogP contribution in [-0.4, -0.2) is 6.88 Å². The fourth-order valence-electron chi connectivity index (χ4n) is 14.0. The van der Waals surface area contributed by atoms with Crippen LogP contribution in [0.15, 0.2) is 96.1 Å². The van der Waals surface area contributed by atoms with E-state index >= 15 is 0 Å². The number of fused-ring (bicyclic) bond motifs is 2. The molecule has 0 bridgehead atoms. The molecule has 6 aliphatic rings. The number of hydrogen-bond donors (Lipinski definition) is 0. The van der Waals surface area contributed by atoms with Crippen LogP contribution < -0.4 is 0 Å². The van der Waals surface area contributed by atoms with Gasteiger partial charge in [-0.1, -0.05) is 0 Å². The van der Waals surface area contributed by atoms with Crippen molar-refractivity contribution >= 4 is 43.8 Å². The first-order chi connectivity index (χ1) is 28.3. The van der Waals surface area contributed by atoms with Crippen molar-refractivity contribution in [1.82, 2.24) is 0 Å². The Morgan fingerprint density at radius 1 is 0.450 bits per heavy atom. The van der Waals surface area contributed by atoms with Gasteiger partial charge in [0.15, 0.2) is 0 Å². The third kappa shape index (κ3) is 8.66. The summed E-state index contributed by atoms with van der Waals surface area (Å²) in [4.78, 5) is 0. The van der Waals surface area contributed by atoms with Crippen molar-refractivity contribution in [2.45, 2.75) is 157 Å². The number of allylic oxidation sites excluding steroid dienone is 2. The van der Waals surface area contributed by atoms with Gasteiger partial charge in [-0.3, -0.25) is 0 Å². The van der Waals surface area contributed by atoms with Crippen molar-refractivity contribution in [2.24, 2.45) is 11.8 Å². The van der Waals surface area contributed by atoms with Crippen LogP contribution in [0.2, 0.25) is 9.26 Å². The molecule has 318 valence electrons. The fraction of sp³-hybridized carbons (Fsp3) is 0.500. The van der Waals surface area contributed by atoms with Crippen molar-refractivity contribution in [2.75, 3.05) is 0 Å². The molecule has 4 fully saturated rings. The van der Waals surface area contributed by atoms with E-state index in [0.717, 1.165) is 23.7 Å². The van der Waals surface area contributed by atoms with E-state index in [-0.39, 0.29) is 24.8 Å². The van der Waals surface area contributed by atoms with Crippen LogP contribution in [0.25, 0.3) is 34.4 Å².